The van der Waals surface area contributed by atoms with E-state index in [9.17, 15) is 27.1 Å². The van der Waals surface area contributed by atoms with Crippen LogP contribution in [-0.2, 0) is 5.60 Å². The van der Waals surface area contributed by atoms with Crippen LogP contribution in [-0.4, -0.2) is 27.7 Å². The van der Waals surface area contributed by atoms with Gasteiger partial charge in [-0.15, -0.1) is 0 Å². The second-order valence-corrected chi connectivity index (χ2v) is 6.89. The van der Waals surface area contributed by atoms with Gasteiger partial charge in [-0.25, -0.2) is 13.5 Å². The van der Waals surface area contributed by atoms with E-state index in [1.807, 2.05) is 6.07 Å². The van der Waals surface area contributed by atoms with Crippen molar-refractivity contribution in [3.05, 3.63) is 90.1 Å². The van der Waals surface area contributed by atoms with Crippen molar-refractivity contribution in [1.29, 1.82) is 0 Å². The van der Waals surface area contributed by atoms with Crippen LogP contribution in [0.1, 0.15) is 5.56 Å². The van der Waals surface area contributed by atoms with Gasteiger partial charge in [-0.05, 0) is 42.0 Å². The molecule has 0 aliphatic carbocycles. The molecule has 0 aliphatic heterocycles. The van der Waals surface area contributed by atoms with E-state index in [1.54, 1.807) is 28.9 Å². The Morgan fingerprint density at radius 1 is 0.935 bits per heavy atom. The van der Waals surface area contributed by atoms with Gasteiger partial charge in [0.05, 0.1) is 17.4 Å². The Labute approximate surface area is 173 Å². The fraction of sp³-hybridized carbons (Fsp3) is 0.136. The highest BCUT2D eigenvalue weighted by Gasteiger charge is 2.56. The Morgan fingerprint density at radius 3 is 2.39 bits per heavy atom. The van der Waals surface area contributed by atoms with Crippen LogP contribution >= 0.6 is 0 Å². The summed E-state index contributed by atoms with van der Waals surface area (Å²) in [7, 11) is 0. The third kappa shape index (κ3) is 3.84. The molecule has 1 unspecified atom stereocenters. The van der Waals surface area contributed by atoms with Gasteiger partial charge in [-0.2, -0.15) is 18.3 Å². The maximum Gasteiger partial charge on any atom is 0.424 e. The largest absolute Gasteiger partial charge is 0.487 e. The lowest BCUT2D eigenvalue weighted by Crippen LogP contribution is -2.47. The molecule has 1 aromatic heterocycles. The Hall–Kier alpha value is -3.46. The van der Waals surface area contributed by atoms with Crippen LogP contribution in [0.5, 0.6) is 5.75 Å². The third-order valence-electron chi connectivity index (χ3n) is 4.85. The Balaban J connectivity index is 1.71. The minimum absolute atomic E-state index is 0.348. The van der Waals surface area contributed by atoms with Gasteiger partial charge in [-0.1, -0.05) is 24.3 Å². The SMILES string of the molecule is OC(COc1cc(F)ccc1F)(c1ccc2c(cnn2-c2ccccc2)c1)C(F)(F)F. The molecule has 1 atom stereocenters. The molecular weight excluding hydrogens is 419 g/mol. The standard InChI is InChI=1S/C22H15F5N2O2/c23-16-7-8-18(24)20(11-16)31-13-21(30,22(25,26)27)15-6-9-19-14(10-15)12-28-29(19)17-4-2-1-3-5-17/h1-12,30H,13H2. The number of para-hydroxylation sites is 1. The van der Waals surface area contributed by atoms with Crippen molar-refractivity contribution >= 4 is 10.9 Å². The van der Waals surface area contributed by atoms with Gasteiger partial charge >= 0.3 is 6.18 Å². The molecule has 0 aliphatic rings. The number of alkyl halides is 3. The first-order valence-electron chi connectivity index (χ1n) is 9.10. The number of hydrogen-bond acceptors (Lipinski definition) is 3. The van der Waals surface area contributed by atoms with Gasteiger partial charge in [0.1, 0.15) is 12.4 Å². The molecular formula is C22H15F5N2O2. The molecule has 0 bridgehead atoms. The van der Waals surface area contributed by atoms with E-state index >= 15 is 0 Å². The molecule has 9 heteroatoms. The van der Waals surface area contributed by atoms with Crippen molar-refractivity contribution < 1.29 is 31.8 Å². The summed E-state index contributed by atoms with van der Waals surface area (Å²) in [6, 6.07) is 14.7. The fourth-order valence-electron chi connectivity index (χ4n) is 3.16. The molecule has 0 fully saturated rings. The molecule has 1 N–H and O–H groups in total. The Kier molecular flexibility index (Phi) is 5.14. The van der Waals surface area contributed by atoms with E-state index in [-0.39, 0.29) is 0 Å². The lowest BCUT2D eigenvalue weighted by Gasteiger charge is -2.31. The monoisotopic (exact) mass is 434 g/mol. The highest BCUT2D eigenvalue weighted by Crippen LogP contribution is 2.40. The number of benzene rings is 3. The second-order valence-electron chi connectivity index (χ2n) is 6.89. The van der Waals surface area contributed by atoms with Crippen molar-refractivity contribution in [1.82, 2.24) is 9.78 Å². The molecule has 0 radical (unpaired) electrons. The van der Waals surface area contributed by atoms with E-state index < -0.39 is 41.3 Å². The number of ether oxygens (including phenoxy) is 1. The number of aliphatic hydroxyl groups is 1. The van der Waals surface area contributed by atoms with Crippen molar-refractivity contribution in [3.63, 3.8) is 0 Å². The first-order valence-corrected chi connectivity index (χ1v) is 9.10. The summed E-state index contributed by atoms with van der Waals surface area (Å²) in [5, 5.41) is 15.1. The van der Waals surface area contributed by atoms with Crippen molar-refractivity contribution in [2.24, 2.45) is 0 Å². The predicted molar refractivity (Wildman–Crippen MR) is 103 cm³/mol. The number of aromatic nitrogens is 2. The summed E-state index contributed by atoms with van der Waals surface area (Å²) in [6.07, 6.45) is -3.78. The molecule has 0 saturated heterocycles. The average Bonchev–Trinajstić information content (AvgIpc) is 3.17. The number of fused-ring (bicyclic) bond motifs is 1. The first kappa shape index (κ1) is 20.8. The fourth-order valence-corrected chi connectivity index (χ4v) is 3.16. The minimum atomic E-state index is -5.15. The summed E-state index contributed by atoms with van der Waals surface area (Å²) >= 11 is 0. The van der Waals surface area contributed by atoms with Gasteiger partial charge in [0, 0.05) is 11.5 Å². The smallest absolute Gasteiger partial charge is 0.424 e. The molecule has 3 aromatic carbocycles. The molecule has 4 rings (SSSR count). The van der Waals surface area contributed by atoms with Gasteiger partial charge in [0.2, 0.25) is 5.60 Å². The van der Waals surface area contributed by atoms with Crippen LogP contribution in [0.15, 0.2) is 72.9 Å². The zero-order valence-corrected chi connectivity index (χ0v) is 15.8. The number of hydrogen-bond donors (Lipinski definition) is 1. The molecule has 31 heavy (non-hydrogen) atoms. The van der Waals surface area contributed by atoms with Gasteiger partial charge in [0.15, 0.2) is 11.6 Å². The summed E-state index contributed by atoms with van der Waals surface area (Å²) in [5.41, 5.74) is -2.75. The van der Waals surface area contributed by atoms with Crippen molar-refractivity contribution in [2.45, 2.75) is 11.8 Å². The summed E-state index contributed by atoms with van der Waals surface area (Å²) in [6.45, 7) is -1.37. The maximum absolute atomic E-state index is 13.8. The zero-order valence-electron chi connectivity index (χ0n) is 15.8. The highest BCUT2D eigenvalue weighted by molar-refractivity contribution is 5.81. The summed E-state index contributed by atoms with van der Waals surface area (Å²) in [5.74, 6) is -2.67. The maximum atomic E-state index is 13.8. The van der Waals surface area contributed by atoms with Crippen LogP contribution in [0, 0.1) is 11.6 Å². The average molecular weight is 434 g/mol. The molecule has 0 amide bonds. The molecule has 4 nitrogen and oxygen atoms in total. The highest BCUT2D eigenvalue weighted by atomic mass is 19.4. The summed E-state index contributed by atoms with van der Waals surface area (Å²) < 4.78 is 74.9. The number of rotatable bonds is 5. The summed E-state index contributed by atoms with van der Waals surface area (Å²) in [4.78, 5) is 0. The van der Waals surface area contributed by atoms with Gasteiger partial charge in [-0.3, -0.25) is 0 Å². The van der Waals surface area contributed by atoms with Crippen LogP contribution in [0.4, 0.5) is 22.0 Å². The van der Waals surface area contributed by atoms with E-state index in [1.165, 1.54) is 12.3 Å². The van der Waals surface area contributed by atoms with Crippen LogP contribution < -0.4 is 4.74 Å². The van der Waals surface area contributed by atoms with Crippen molar-refractivity contribution in [2.75, 3.05) is 6.61 Å². The Bertz CT molecular complexity index is 1220. The van der Waals surface area contributed by atoms with Crippen LogP contribution in [0.3, 0.4) is 0 Å². The molecule has 1 heterocycles. The molecule has 0 saturated carbocycles. The predicted octanol–water partition coefficient (Wildman–Crippen LogP) is 5.13. The lowest BCUT2D eigenvalue weighted by atomic mass is 9.93. The lowest BCUT2D eigenvalue weighted by molar-refractivity contribution is -0.275. The topological polar surface area (TPSA) is 47.3 Å². The zero-order chi connectivity index (χ0) is 22.2. The normalized spacial score (nSPS) is 13.9. The molecule has 160 valence electrons. The van der Waals surface area contributed by atoms with E-state index in [0.717, 1.165) is 24.3 Å². The quantitative estimate of drug-likeness (QED) is 0.443. The minimum Gasteiger partial charge on any atom is -0.487 e. The first-order chi connectivity index (χ1) is 14.7. The van der Waals surface area contributed by atoms with Crippen molar-refractivity contribution in [3.8, 4) is 11.4 Å². The van der Waals surface area contributed by atoms with Gasteiger partial charge in [0.25, 0.3) is 0 Å². The van der Waals surface area contributed by atoms with E-state index in [4.69, 9.17) is 4.74 Å². The number of nitrogens with zero attached hydrogens (tertiary/aromatic N) is 2. The van der Waals surface area contributed by atoms with Crippen LogP contribution in [0.2, 0.25) is 0 Å². The molecule has 4 aromatic rings. The number of halogens is 5. The second kappa shape index (κ2) is 7.66. The molecule has 0 spiro atoms. The van der Waals surface area contributed by atoms with Gasteiger partial charge < -0.3 is 9.84 Å². The third-order valence-corrected chi connectivity index (χ3v) is 4.85. The van der Waals surface area contributed by atoms with Crippen LogP contribution in [0.25, 0.3) is 16.6 Å². The van der Waals surface area contributed by atoms with E-state index in [2.05, 4.69) is 5.10 Å². The Morgan fingerprint density at radius 2 is 1.68 bits per heavy atom. The van der Waals surface area contributed by atoms with E-state index in [0.29, 0.717) is 22.7 Å².